The van der Waals surface area contributed by atoms with Gasteiger partial charge in [0.25, 0.3) is 0 Å². The van der Waals surface area contributed by atoms with Crippen molar-refractivity contribution < 1.29 is 13.6 Å². The number of H-pyrrole nitrogens is 1. The lowest BCUT2D eigenvalue weighted by atomic mass is 9.95. The standard InChI is InChI=1S/C21H25F2N3O/c1-13(14-2-3-14)10-20(27)26-8-6-15(7-9-26)21-24-12-19(25-21)16-4-5-17(22)18(23)11-16/h4-5,11-15H,2-3,6-10H2,1H3,(H,24,25)/t13-/m1/s1. The molecule has 2 heterocycles. The number of nitrogens with one attached hydrogen (secondary N) is 1. The minimum Gasteiger partial charge on any atom is -0.343 e. The molecule has 1 atom stereocenters. The Bertz CT molecular complexity index is 823. The van der Waals surface area contributed by atoms with Gasteiger partial charge in [0.2, 0.25) is 5.91 Å². The van der Waals surface area contributed by atoms with Crippen LogP contribution in [0.4, 0.5) is 8.78 Å². The fourth-order valence-electron chi connectivity index (χ4n) is 3.99. The molecule has 1 saturated carbocycles. The number of aromatic amines is 1. The smallest absolute Gasteiger partial charge is 0.222 e. The van der Waals surface area contributed by atoms with Crippen LogP contribution in [0.2, 0.25) is 0 Å². The number of hydrogen-bond acceptors (Lipinski definition) is 2. The van der Waals surface area contributed by atoms with Gasteiger partial charge in [0, 0.05) is 31.0 Å². The third kappa shape index (κ3) is 4.04. The number of nitrogens with zero attached hydrogens (tertiary/aromatic N) is 2. The van der Waals surface area contributed by atoms with E-state index in [9.17, 15) is 13.6 Å². The van der Waals surface area contributed by atoms with Crippen molar-refractivity contribution in [1.82, 2.24) is 14.9 Å². The second-order valence-electron chi connectivity index (χ2n) is 7.98. The number of likely N-dealkylation sites (tertiary alicyclic amines) is 1. The van der Waals surface area contributed by atoms with E-state index in [1.54, 1.807) is 6.20 Å². The first-order chi connectivity index (χ1) is 13.0. The van der Waals surface area contributed by atoms with E-state index >= 15 is 0 Å². The maximum Gasteiger partial charge on any atom is 0.222 e. The van der Waals surface area contributed by atoms with Crippen LogP contribution in [-0.4, -0.2) is 33.9 Å². The first kappa shape index (κ1) is 18.1. The topological polar surface area (TPSA) is 49.0 Å². The van der Waals surface area contributed by atoms with Crippen LogP contribution in [0.15, 0.2) is 24.4 Å². The Kier molecular flexibility index (Phi) is 4.98. The minimum atomic E-state index is -0.865. The largest absolute Gasteiger partial charge is 0.343 e. The molecule has 1 N–H and O–H groups in total. The molecule has 1 aromatic heterocycles. The number of aromatic nitrogens is 2. The second-order valence-corrected chi connectivity index (χ2v) is 7.98. The molecule has 0 spiro atoms. The molecule has 1 aliphatic carbocycles. The van der Waals surface area contributed by atoms with Crippen molar-refractivity contribution in [3.8, 4) is 11.3 Å². The molecule has 1 saturated heterocycles. The summed E-state index contributed by atoms with van der Waals surface area (Å²) >= 11 is 0. The van der Waals surface area contributed by atoms with Crippen LogP contribution >= 0.6 is 0 Å². The van der Waals surface area contributed by atoms with Gasteiger partial charge in [-0.1, -0.05) is 6.92 Å². The summed E-state index contributed by atoms with van der Waals surface area (Å²) in [7, 11) is 0. The number of carbonyl (C=O) groups excluding carboxylic acids is 1. The zero-order valence-electron chi connectivity index (χ0n) is 15.5. The zero-order valence-corrected chi connectivity index (χ0v) is 15.5. The van der Waals surface area contributed by atoms with Gasteiger partial charge in [0.1, 0.15) is 5.82 Å². The Morgan fingerprint density at radius 3 is 2.63 bits per heavy atom. The molecule has 4 rings (SSSR count). The summed E-state index contributed by atoms with van der Waals surface area (Å²) in [5, 5.41) is 0. The van der Waals surface area contributed by atoms with Crippen LogP contribution in [0.5, 0.6) is 0 Å². The van der Waals surface area contributed by atoms with Crippen molar-refractivity contribution in [3.63, 3.8) is 0 Å². The normalized spacial score (nSPS) is 19.3. The molecule has 0 bridgehead atoms. The lowest BCUT2D eigenvalue weighted by Gasteiger charge is -2.32. The maximum atomic E-state index is 13.4. The van der Waals surface area contributed by atoms with Crippen molar-refractivity contribution in [2.24, 2.45) is 11.8 Å². The van der Waals surface area contributed by atoms with Crippen molar-refractivity contribution in [3.05, 3.63) is 41.9 Å². The summed E-state index contributed by atoms with van der Waals surface area (Å²) in [6, 6.07) is 3.84. The molecular formula is C21H25F2N3O. The molecule has 6 heteroatoms. The molecule has 27 heavy (non-hydrogen) atoms. The van der Waals surface area contributed by atoms with Crippen LogP contribution in [0.3, 0.4) is 0 Å². The van der Waals surface area contributed by atoms with E-state index in [1.807, 2.05) is 4.90 Å². The van der Waals surface area contributed by atoms with Gasteiger partial charge in [-0.15, -0.1) is 0 Å². The third-order valence-corrected chi connectivity index (χ3v) is 5.98. The fraction of sp³-hybridized carbons (Fsp3) is 0.524. The summed E-state index contributed by atoms with van der Waals surface area (Å²) in [5.74, 6) is 0.919. The van der Waals surface area contributed by atoms with Crippen molar-refractivity contribution in [2.75, 3.05) is 13.1 Å². The highest BCUT2D eigenvalue weighted by molar-refractivity contribution is 5.76. The highest BCUT2D eigenvalue weighted by Crippen LogP contribution is 2.38. The van der Waals surface area contributed by atoms with Gasteiger partial charge in [-0.2, -0.15) is 0 Å². The van der Waals surface area contributed by atoms with Gasteiger partial charge < -0.3 is 9.88 Å². The van der Waals surface area contributed by atoms with Crippen LogP contribution in [-0.2, 0) is 4.79 Å². The lowest BCUT2D eigenvalue weighted by molar-refractivity contribution is -0.133. The Labute approximate surface area is 158 Å². The first-order valence-electron chi connectivity index (χ1n) is 9.79. The van der Waals surface area contributed by atoms with E-state index < -0.39 is 11.6 Å². The molecule has 0 radical (unpaired) electrons. The molecule has 1 aliphatic heterocycles. The number of rotatable bonds is 5. The Balaban J connectivity index is 1.35. The number of hydrogen-bond donors (Lipinski definition) is 1. The van der Waals surface area contributed by atoms with Gasteiger partial charge in [0.15, 0.2) is 11.6 Å². The highest BCUT2D eigenvalue weighted by atomic mass is 19.2. The van der Waals surface area contributed by atoms with Gasteiger partial charge in [-0.05, 0) is 55.7 Å². The van der Waals surface area contributed by atoms with E-state index in [2.05, 4.69) is 16.9 Å². The molecule has 1 amide bonds. The number of piperidine rings is 1. The summed E-state index contributed by atoms with van der Waals surface area (Å²) in [5.41, 5.74) is 1.26. The fourth-order valence-corrected chi connectivity index (χ4v) is 3.99. The minimum absolute atomic E-state index is 0.258. The predicted octanol–water partition coefficient (Wildman–Crippen LogP) is 4.50. The van der Waals surface area contributed by atoms with Gasteiger partial charge in [-0.25, -0.2) is 13.8 Å². The van der Waals surface area contributed by atoms with Crippen molar-refractivity contribution >= 4 is 5.91 Å². The number of halogens is 2. The van der Waals surface area contributed by atoms with Gasteiger partial charge in [-0.3, -0.25) is 4.79 Å². The Morgan fingerprint density at radius 1 is 1.22 bits per heavy atom. The zero-order chi connectivity index (χ0) is 19.0. The quantitative estimate of drug-likeness (QED) is 0.839. The van der Waals surface area contributed by atoms with E-state index in [0.29, 0.717) is 23.6 Å². The maximum absolute atomic E-state index is 13.4. The molecule has 2 aliphatic rings. The van der Waals surface area contributed by atoms with Crippen LogP contribution < -0.4 is 0 Å². The molecular weight excluding hydrogens is 348 g/mol. The van der Waals surface area contributed by atoms with E-state index in [4.69, 9.17) is 0 Å². The molecule has 2 aromatic rings. The Hall–Kier alpha value is -2.24. The monoisotopic (exact) mass is 373 g/mol. The average Bonchev–Trinajstić information content (AvgIpc) is 3.41. The van der Waals surface area contributed by atoms with Crippen LogP contribution in [0.25, 0.3) is 11.3 Å². The number of carbonyl (C=O) groups is 1. The van der Waals surface area contributed by atoms with E-state index in [0.717, 1.165) is 43.7 Å². The van der Waals surface area contributed by atoms with Crippen LogP contribution in [0, 0.1) is 23.5 Å². The summed E-state index contributed by atoms with van der Waals surface area (Å²) < 4.78 is 26.5. The first-order valence-corrected chi connectivity index (χ1v) is 9.79. The molecule has 4 nitrogen and oxygen atoms in total. The van der Waals surface area contributed by atoms with Gasteiger partial charge >= 0.3 is 0 Å². The SMILES string of the molecule is C[C@H](CC(=O)N1CCC(c2ncc(-c3ccc(F)c(F)c3)[nH]2)CC1)C1CC1. The number of imidazole rings is 1. The van der Waals surface area contributed by atoms with E-state index in [-0.39, 0.29) is 11.8 Å². The molecule has 144 valence electrons. The summed E-state index contributed by atoms with van der Waals surface area (Å²) in [6.07, 6.45) is 6.61. The highest BCUT2D eigenvalue weighted by Gasteiger charge is 2.32. The molecule has 2 fully saturated rings. The third-order valence-electron chi connectivity index (χ3n) is 5.98. The Morgan fingerprint density at radius 2 is 1.96 bits per heavy atom. The summed E-state index contributed by atoms with van der Waals surface area (Å²) in [6.45, 7) is 3.69. The van der Waals surface area contributed by atoms with Crippen molar-refractivity contribution in [2.45, 2.75) is 44.9 Å². The predicted molar refractivity (Wildman–Crippen MR) is 99.0 cm³/mol. The molecule has 0 unspecified atom stereocenters. The second kappa shape index (κ2) is 7.41. The van der Waals surface area contributed by atoms with Crippen LogP contribution in [0.1, 0.15) is 50.8 Å². The average molecular weight is 373 g/mol. The number of amides is 1. The number of benzene rings is 1. The van der Waals surface area contributed by atoms with E-state index in [1.165, 1.54) is 25.0 Å². The van der Waals surface area contributed by atoms with Gasteiger partial charge in [0.05, 0.1) is 11.9 Å². The molecule has 1 aromatic carbocycles. The summed E-state index contributed by atoms with van der Waals surface area (Å²) in [4.78, 5) is 22.1. The lowest BCUT2D eigenvalue weighted by Crippen LogP contribution is -2.38. The van der Waals surface area contributed by atoms with Crippen molar-refractivity contribution in [1.29, 1.82) is 0 Å².